The predicted molar refractivity (Wildman–Crippen MR) is 77.9 cm³/mol. The van der Waals surface area contributed by atoms with E-state index in [0.717, 1.165) is 0 Å². The van der Waals surface area contributed by atoms with Gasteiger partial charge in [-0.15, -0.1) is 0 Å². The maximum Gasteiger partial charge on any atom is 0.303 e. The van der Waals surface area contributed by atoms with Gasteiger partial charge in [-0.05, 0) is 30.7 Å². The van der Waals surface area contributed by atoms with Crippen LogP contribution in [-0.4, -0.2) is 33.7 Å². The van der Waals surface area contributed by atoms with Gasteiger partial charge in [0.1, 0.15) is 5.82 Å². The second-order valence-electron chi connectivity index (χ2n) is 4.87. The number of carbonyl (C=O) groups excluding carboxylic acids is 1. The number of aryl methyl sites for hydroxylation is 1. The van der Waals surface area contributed by atoms with E-state index in [1.54, 1.807) is 12.1 Å². The van der Waals surface area contributed by atoms with Gasteiger partial charge in [0, 0.05) is 24.9 Å². The monoisotopic (exact) mass is 321 g/mol. The van der Waals surface area contributed by atoms with Crippen molar-refractivity contribution in [1.29, 1.82) is 0 Å². The highest BCUT2D eigenvalue weighted by Crippen LogP contribution is 2.16. The molecule has 1 amide bonds. The highest BCUT2D eigenvalue weighted by Gasteiger charge is 2.09. The molecule has 0 fully saturated rings. The van der Waals surface area contributed by atoms with Crippen LogP contribution in [0.25, 0.3) is 11.4 Å². The summed E-state index contributed by atoms with van der Waals surface area (Å²) in [7, 11) is 0. The van der Waals surface area contributed by atoms with E-state index in [0.29, 0.717) is 36.7 Å². The lowest BCUT2D eigenvalue weighted by Crippen LogP contribution is -2.25. The first kappa shape index (κ1) is 16.6. The number of hydrogen-bond donors (Lipinski definition) is 2. The van der Waals surface area contributed by atoms with Crippen LogP contribution >= 0.6 is 0 Å². The largest absolute Gasteiger partial charge is 0.481 e. The van der Waals surface area contributed by atoms with Gasteiger partial charge in [0.15, 0.2) is 0 Å². The second-order valence-corrected chi connectivity index (χ2v) is 4.87. The number of aliphatic carboxylic acids is 1. The SMILES string of the molecule is O=C(O)CCC(=O)NCCCc1nc(-c2ccc(F)cc2)no1. The third-order valence-corrected chi connectivity index (χ3v) is 3.03. The summed E-state index contributed by atoms with van der Waals surface area (Å²) in [6.07, 6.45) is 0.846. The molecule has 8 heteroatoms. The van der Waals surface area contributed by atoms with Crippen molar-refractivity contribution in [3.8, 4) is 11.4 Å². The Hall–Kier alpha value is -2.77. The third-order valence-electron chi connectivity index (χ3n) is 3.03. The van der Waals surface area contributed by atoms with E-state index < -0.39 is 5.97 Å². The lowest BCUT2D eigenvalue weighted by atomic mass is 10.2. The van der Waals surface area contributed by atoms with Crippen molar-refractivity contribution < 1.29 is 23.6 Å². The van der Waals surface area contributed by atoms with Crippen LogP contribution in [0.15, 0.2) is 28.8 Å². The van der Waals surface area contributed by atoms with Gasteiger partial charge >= 0.3 is 5.97 Å². The number of aromatic nitrogens is 2. The maximum atomic E-state index is 12.8. The normalized spacial score (nSPS) is 10.5. The zero-order valence-electron chi connectivity index (χ0n) is 12.3. The van der Waals surface area contributed by atoms with Crippen LogP contribution in [0.4, 0.5) is 4.39 Å². The topological polar surface area (TPSA) is 105 Å². The molecule has 0 aliphatic carbocycles. The van der Waals surface area contributed by atoms with Crippen LogP contribution in [0.2, 0.25) is 0 Å². The number of nitrogens with zero attached hydrogens (tertiary/aromatic N) is 2. The second kappa shape index (κ2) is 8.02. The van der Waals surface area contributed by atoms with Crippen LogP contribution < -0.4 is 5.32 Å². The number of rotatable bonds is 8. The van der Waals surface area contributed by atoms with Crippen LogP contribution in [0, 0.1) is 5.82 Å². The van der Waals surface area contributed by atoms with E-state index in [1.165, 1.54) is 12.1 Å². The Balaban J connectivity index is 1.74. The molecule has 0 bridgehead atoms. The number of carbonyl (C=O) groups is 2. The van der Waals surface area contributed by atoms with E-state index >= 15 is 0 Å². The highest BCUT2D eigenvalue weighted by atomic mass is 19.1. The minimum atomic E-state index is -1.00. The first-order valence-electron chi connectivity index (χ1n) is 7.11. The van der Waals surface area contributed by atoms with Crippen molar-refractivity contribution in [1.82, 2.24) is 15.5 Å². The standard InChI is InChI=1S/C15H16FN3O4/c16-11-5-3-10(4-6-11)15-18-13(23-19-15)2-1-9-17-12(20)7-8-14(21)22/h3-6H,1-2,7-9H2,(H,17,20)(H,21,22). The lowest BCUT2D eigenvalue weighted by Gasteiger charge is -2.02. The number of carboxylic acids is 1. The molecule has 0 atom stereocenters. The summed E-state index contributed by atoms with van der Waals surface area (Å²) < 4.78 is 17.9. The Morgan fingerprint density at radius 2 is 1.96 bits per heavy atom. The van der Waals surface area contributed by atoms with Crippen LogP contribution in [0.1, 0.15) is 25.2 Å². The molecule has 0 saturated heterocycles. The molecule has 2 rings (SSSR count). The Labute approximate surface area is 131 Å². The van der Waals surface area contributed by atoms with Gasteiger partial charge in [-0.2, -0.15) is 4.98 Å². The molecule has 0 aliphatic rings. The van der Waals surface area contributed by atoms with Gasteiger partial charge in [0.2, 0.25) is 17.6 Å². The number of nitrogens with one attached hydrogen (secondary N) is 1. The molecule has 0 radical (unpaired) electrons. The number of carboxylic acid groups (broad SMARTS) is 1. The van der Waals surface area contributed by atoms with Gasteiger partial charge in [0.25, 0.3) is 0 Å². The van der Waals surface area contributed by atoms with Gasteiger partial charge in [-0.3, -0.25) is 9.59 Å². The summed E-state index contributed by atoms with van der Waals surface area (Å²) in [5.41, 5.74) is 0.656. The maximum absolute atomic E-state index is 12.8. The van der Waals surface area contributed by atoms with Crippen molar-refractivity contribution in [3.63, 3.8) is 0 Å². The summed E-state index contributed by atoms with van der Waals surface area (Å²) >= 11 is 0. The number of halogens is 1. The van der Waals surface area contributed by atoms with Gasteiger partial charge in [0.05, 0.1) is 6.42 Å². The molecule has 1 aromatic heterocycles. The Morgan fingerprint density at radius 3 is 2.65 bits per heavy atom. The van der Waals surface area contributed by atoms with Crippen molar-refractivity contribution >= 4 is 11.9 Å². The van der Waals surface area contributed by atoms with Gasteiger partial charge in [-0.1, -0.05) is 5.16 Å². The predicted octanol–water partition coefficient (Wildman–Crippen LogP) is 1.79. The molecule has 7 nitrogen and oxygen atoms in total. The molecule has 2 N–H and O–H groups in total. The lowest BCUT2D eigenvalue weighted by molar-refractivity contribution is -0.138. The minimum Gasteiger partial charge on any atom is -0.481 e. The summed E-state index contributed by atoms with van der Waals surface area (Å²) in [5, 5.41) is 14.9. The van der Waals surface area contributed by atoms with Crippen LogP contribution in [-0.2, 0) is 16.0 Å². The smallest absolute Gasteiger partial charge is 0.303 e. The fourth-order valence-corrected chi connectivity index (χ4v) is 1.85. The van der Waals surface area contributed by atoms with Gasteiger partial charge < -0.3 is 14.9 Å². The fourth-order valence-electron chi connectivity index (χ4n) is 1.85. The highest BCUT2D eigenvalue weighted by molar-refractivity contribution is 5.80. The van der Waals surface area contributed by atoms with E-state index in [-0.39, 0.29) is 24.6 Å². The average molecular weight is 321 g/mol. The molecule has 0 spiro atoms. The molecule has 122 valence electrons. The van der Waals surface area contributed by atoms with E-state index in [1.807, 2.05) is 0 Å². The quantitative estimate of drug-likeness (QED) is 0.718. The molecule has 0 aliphatic heterocycles. The molecule has 1 aromatic carbocycles. The molecule has 0 unspecified atom stereocenters. The summed E-state index contributed by atoms with van der Waals surface area (Å²) in [5.74, 6) is -0.838. The first-order chi connectivity index (χ1) is 11.0. The van der Waals surface area contributed by atoms with Crippen LogP contribution in [0.5, 0.6) is 0 Å². The first-order valence-corrected chi connectivity index (χ1v) is 7.11. The summed E-state index contributed by atoms with van der Waals surface area (Å²) in [6.45, 7) is 0.396. The third kappa shape index (κ3) is 5.50. The van der Waals surface area contributed by atoms with Crippen molar-refractivity contribution in [2.75, 3.05) is 6.54 Å². The summed E-state index contributed by atoms with van der Waals surface area (Å²) in [4.78, 5) is 25.8. The van der Waals surface area contributed by atoms with Gasteiger partial charge in [-0.25, -0.2) is 4.39 Å². The Bertz CT molecular complexity index is 670. The number of hydrogen-bond acceptors (Lipinski definition) is 5. The molecule has 2 aromatic rings. The molecule has 23 heavy (non-hydrogen) atoms. The zero-order valence-corrected chi connectivity index (χ0v) is 12.3. The Kier molecular flexibility index (Phi) is 5.79. The van der Waals surface area contributed by atoms with Crippen molar-refractivity contribution in [2.24, 2.45) is 0 Å². The van der Waals surface area contributed by atoms with Crippen LogP contribution in [0.3, 0.4) is 0 Å². The minimum absolute atomic E-state index is 0.0371. The summed E-state index contributed by atoms with van der Waals surface area (Å²) in [6, 6.07) is 5.76. The average Bonchev–Trinajstić information content (AvgIpc) is 2.99. The molecule has 0 saturated carbocycles. The van der Waals surface area contributed by atoms with Crippen molar-refractivity contribution in [2.45, 2.75) is 25.7 Å². The molecule has 1 heterocycles. The number of benzene rings is 1. The Morgan fingerprint density at radius 1 is 1.22 bits per heavy atom. The van der Waals surface area contributed by atoms with Crippen molar-refractivity contribution in [3.05, 3.63) is 36.0 Å². The van der Waals surface area contributed by atoms with E-state index in [4.69, 9.17) is 9.63 Å². The molecular formula is C15H16FN3O4. The van der Waals surface area contributed by atoms with E-state index in [9.17, 15) is 14.0 Å². The fraction of sp³-hybridized carbons (Fsp3) is 0.333. The van der Waals surface area contributed by atoms with E-state index in [2.05, 4.69) is 15.5 Å². The molecular weight excluding hydrogens is 305 g/mol. The number of amides is 1. The zero-order chi connectivity index (χ0) is 16.7.